The van der Waals surface area contributed by atoms with Crippen LogP contribution in [0.3, 0.4) is 0 Å². The van der Waals surface area contributed by atoms with Gasteiger partial charge in [-0.3, -0.25) is 4.79 Å². The van der Waals surface area contributed by atoms with Crippen molar-refractivity contribution >= 4 is 41.7 Å². The molecule has 1 amide bonds. The van der Waals surface area contributed by atoms with E-state index in [4.69, 9.17) is 0 Å². The molecule has 1 heterocycles. The van der Waals surface area contributed by atoms with Gasteiger partial charge in [-0.05, 0) is 18.1 Å². The lowest BCUT2D eigenvalue weighted by atomic mass is 10.2. The van der Waals surface area contributed by atoms with E-state index in [2.05, 4.69) is 34.5 Å². The fourth-order valence-electron chi connectivity index (χ4n) is 1.76. The minimum absolute atomic E-state index is 0. The Bertz CT molecular complexity index is 560. The van der Waals surface area contributed by atoms with E-state index in [0.717, 1.165) is 18.1 Å². The van der Waals surface area contributed by atoms with E-state index in [9.17, 15) is 4.79 Å². The lowest BCUT2D eigenvalue weighted by Crippen LogP contribution is -2.44. The first-order valence-electron chi connectivity index (χ1n) is 8.15. The number of guanidine groups is 1. The molecule has 0 aromatic carbocycles. The molecule has 1 aromatic heterocycles. The smallest absolute Gasteiger partial charge is 0.241 e. The second-order valence-electron chi connectivity index (χ2n) is 6.46. The monoisotopic (exact) mass is 462 g/mol. The van der Waals surface area contributed by atoms with Gasteiger partial charge in [0.1, 0.15) is 5.82 Å². The van der Waals surface area contributed by atoms with Crippen molar-refractivity contribution in [2.24, 2.45) is 10.9 Å². The summed E-state index contributed by atoms with van der Waals surface area (Å²) >= 11 is 0. The van der Waals surface area contributed by atoms with Crippen LogP contribution in [-0.2, 0) is 11.3 Å². The number of nitrogens with one attached hydrogen (secondary N) is 2. The third kappa shape index (κ3) is 9.47. The van der Waals surface area contributed by atoms with E-state index in [1.165, 1.54) is 0 Å². The van der Waals surface area contributed by atoms with Crippen LogP contribution in [0.15, 0.2) is 23.2 Å². The third-order valence-electron chi connectivity index (χ3n) is 3.23. The molecule has 0 aliphatic rings. The number of anilines is 1. The molecule has 25 heavy (non-hydrogen) atoms. The third-order valence-corrected chi connectivity index (χ3v) is 3.23. The Labute approximate surface area is 168 Å². The Hall–Kier alpha value is -1.58. The van der Waals surface area contributed by atoms with Crippen LogP contribution in [0.1, 0.15) is 19.5 Å². The van der Waals surface area contributed by atoms with Crippen molar-refractivity contribution in [1.82, 2.24) is 20.5 Å². The summed E-state index contributed by atoms with van der Waals surface area (Å²) in [6.45, 7) is 5.69. The number of likely N-dealkylation sites (N-methyl/N-ethyl adjacent to an activating group) is 1. The highest BCUT2D eigenvalue weighted by Crippen LogP contribution is 2.08. The maximum atomic E-state index is 11.7. The predicted molar refractivity (Wildman–Crippen MR) is 115 cm³/mol. The molecule has 0 aliphatic heterocycles. The van der Waals surface area contributed by atoms with E-state index in [0.29, 0.717) is 18.4 Å². The number of nitrogens with zero attached hydrogens (tertiary/aromatic N) is 4. The Balaban J connectivity index is 0.00000576. The largest absolute Gasteiger partial charge is 0.363 e. The first-order chi connectivity index (χ1) is 11.3. The molecular formula is C17H31IN6O. The van der Waals surface area contributed by atoms with Crippen molar-refractivity contribution in [3.8, 4) is 0 Å². The van der Waals surface area contributed by atoms with Crippen molar-refractivity contribution in [3.63, 3.8) is 0 Å². The van der Waals surface area contributed by atoms with Crippen LogP contribution in [0.25, 0.3) is 0 Å². The van der Waals surface area contributed by atoms with Crippen molar-refractivity contribution < 1.29 is 4.79 Å². The van der Waals surface area contributed by atoms with Crippen molar-refractivity contribution in [3.05, 3.63) is 23.9 Å². The molecule has 0 saturated carbocycles. The number of hydrogen-bond acceptors (Lipinski definition) is 4. The van der Waals surface area contributed by atoms with Crippen LogP contribution < -0.4 is 15.5 Å². The second kappa shape index (κ2) is 11.9. The highest BCUT2D eigenvalue weighted by Gasteiger charge is 2.07. The summed E-state index contributed by atoms with van der Waals surface area (Å²) in [5.74, 6) is 2.00. The van der Waals surface area contributed by atoms with Gasteiger partial charge in [0.25, 0.3) is 0 Å². The standard InChI is InChI=1S/C17H30N6O.HI/c1-13(2)10-18-17(20-12-16(24)23(5)6)19-11-14-8-7-9-15(21-14)22(3)4;/h7-9,13H,10-12H2,1-6H3,(H2,18,19,20);1H. The number of aromatic nitrogens is 1. The van der Waals surface area contributed by atoms with Crippen LogP contribution in [-0.4, -0.2) is 63.0 Å². The van der Waals surface area contributed by atoms with Crippen molar-refractivity contribution in [2.75, 3.05) is 46.2 Å². The first kappa shape index (κ1) is 23.4. The average molecular weight is 462 g/mol. The normalized spacial score (nSPS) is 10.9. The molecule has 7 nitrogen and oxygen atoms in total. The zero-order chi connectivity index (χ0) is 18.1. The minimum Gasteiger partial charge on any atom is -0.363 e. The summed E-state index contributed by atoms with van der Waals surface area (Å²) < 4.78 is 0. The Morgan fingerprint density at radius 3 is 2.44 bits per heavy atom. The Morgan fingerprint density at radius 1 is 1.20 bits per heavy atom. The number of halogens is 1. The molecule has 0 fully saturated rings. The van der Waals surface area contributed by atoms with Crippen LogP contribution in [0.5, 0.6) is 0 Å². The molecule has 0 bridgehead atoms. The number of carbonyl (C=O) groups excluding carboxylic acids is 1. The second-order valence-corrected chi connectivity index (χ2v) is 6.46. The molecule has 8 heteroatoms. The minimum atomic E-state index is 0. The maximum absolute atomic E-state index is 11.7. The van der Waals surface area contributed by atoms with Crippen molar-refractivity contribution in [2.45, 2.75) is 20.4 Å². The zero-order valence-electron chi connectivity index (χ0n) is 16.0. The quantitative estimate of drug-likeness (QED) is 0.366. The molecule has 0 atom stereocenters. The van der Waals surface area contributed by atoms with E-state index in [1.54, 1.807) is 19.0 Å². The lowest BCUT2D eigenvalue weighted by molar-refractivity contribution is -0.127. The number of amides is 1. The average Bonchev–Trinajstić information content (AvgIpc) is 2.53. The van der Waals surface area contributed by atoms with Crippen LogP contribution >= 0.6 is 24.0 Å². The summed E-state index contributed by atoms with van der Waals surface area (Å²) in [5, 5.41) is 6.32. The molecule has 0 saturated heterocycles. The van der Waals surface area contributed by atoms with Crippen LogP contribution in [0, 0.1) is 5.92 Å². The highest BCUT2D eigenvalue weighted by atomic mass is 127. The summed E-state index contributed by atoms with van der Waals surface area (Å²) in [6, 6.07) is 5.87. The summed E-state index contributed by atoms with van der Waals surface area (Å²) in [6.07, 6.45) is 0. The lowest BCUT2D eigenvalue weighted by Gasteiger charge is -2.16. The maximum Gasteiger partial charge on any atom is 0.241 e. The summed E-state index contributed by atoms with van der Waals surface area (Å²) in [7, 11) is 7.39. The van der Waals surface area contributed by atoms with E-state index in [1.807, 2.05) is 37.2 Å². The SMILES string of the molecule is CC(C)CNC(=NCc1cccc(N(C)C)n1)NCC(=O)N(C)C.I. The van der Waals surface area contributed by atoms with E-state index >= 15 is 0 Å². The van der Waals surface area contributed by atoms with Gasteiger partial charge in [-0.15, -0.1) is 24.0 Å². The summed E-state index contributed by atoms with van der Waals surface area (Å²) in [5.41, 5.74) is 0.880. The molecule has 0 radical (unpaired) electrons. The fraction of sp³-hybridized carbons (Fsp3) is 0.588. The highest BCUT2D eigenvalue weighted by molar-refractivity contribution is 14.0. The Morgan fingerprint density at radius 2 is 1.88 bits per heavy atom. The fourth-order valence-corrected chi connectivity index (χ4v) is 1.76. The van der Waals surface area contributed by atoms with Gasteiger partial charge in [0.2, 0.25) is 5.91 Å². The Kier molecular flexibility index (Phi) is 11.1. The molecule has 142 valence electrons. The molecule has 1 rings (SSSR count). The van der Waals surface area contributed by atoms with E-state index < -0.39 is 0 Å². The number of aliphatic imine (C=N–C) groups is 1. The molecule has 1 aromatic rings. The van der Waals surface area contributed by atoms with Crippen molar-refractivity contribution in [1.29, 1.82) is 0 Å². The van der Waals surface area contributed by atoms with Gasteiger partial charge in [0.05, 0.1) is 18.8 Å². The van der Waals surface area contributed by atoms with E-state index in [-0.39, 0.29) is 36.4 Å². The number of pyridine rings is 1. The molecule has 0 aliphatic carbocycles. The predicted octanol–water partition coefficient (Wildman–Crippen LogP) is 1.54. The van der Waals surface area contributed by atoms with Gasteiger partial charge in [0.15, 0.2) is 5.96 Å². The van der Waals surface area contributed by atoms with Gasteiger partial charge in [-0.1, -0.05) is 19.9 Å². The topological polar surface area (TPSA) is 72.9 Å². The number of carbonyl (C=O) groups is 1. The first-order valence-corrected chi connectivity index (χ1v) is 8.15. The number of hydrogen-bond donors (Lipinski definition) is 2. The molecule has 2 N–H and O–H groups in total. The van der Waals surface area contributed by atoms with Gasteiger partial charge in [0, 0.05) is 34.7 Å². The molecule has 0 spiro atoms. The number of rotatable bonds is 7. The van der Waals surface area contributed by atoms with Crippen LogP contribution in [0.4, 0.5) is 5.82 Å². The van der Waals surface area contributed by atoms with Gasteiger partial charge in [-0.2, -0.15) is 0 Å². The van der Waals surface area contributed by atoms with Gasteiger partial charge < -0.3 is 20.4 Å². The van der Waals surface area contributed by atoms with Gasteiger partial charge >= 0.3 is 0 Å². The van der Waals surface area contributed by atoms with Gasteiger partial charge in [-0.25, -0.2) is 9.98 Å². The van der Waals surface area contributed by atoms with Crippen LogP contribution in [0.2, 0.25) is 0 Å². The molecular weight excluding hydrogens is 431 g/mol. The molecule has 0 unspecified atom stereocenters. The zero-order valence-corrected chi connectivity index (χ0v) is 18.4. The summed E-state index contributed by atoms with van der Waals surface area (Å²) in [4.78, 5) is 24.3.